The van der Waals surface area contributed by atoms with E-state index in [0.29, 0.717) is 47.2 Å². The van der Waals surface area contributed by atoms with Crippen molar-refractivity contribution in [1.29, 1.82) is 0 Å². The highest BCUT2D eigenvalue weighted by molar-refractivity contribution is 6.44. The molecule has 2 amide bonds. The Labute approximate surface area is 163 Å². The fraction of sp³-hybridized carbons (Fsp3) is 0.300. The van der Waals surface area contributed by atoms with Gasteiger partial charge in [-0.3, -0.25) is 9.59 Å². The summed E-state index contributed by atoms with van der Waals surface area (Å²) in [6, 6.07) is 12.7. The van der Waals surface area contributed by atoms with Gasteiger partial charge in [-0.05, 0) is 44.0 Å². The highest BCUT2D eigenvalue weighted by Crippen LogP contribution is 2.30. The van der Waals surface area contributed by atoms with E-state index in [1.54, 1.807) is 23.1 Å². The van der Waals surface area contributed by atoms with Crippen molar-refractivity contribution in [2.24, 2.45) is 5.92 Å². The Morgan fingerprint density at radius 3 is 2.35 bits per heavy atom. The number of halogens is 2. The van der Waals surface area contributed by atoms with Crippen molar-refractivity contribution in [2.75, 3.05) is 18.4 Å². The number of carbonyl (C=O) groups excluding carboxylic acids is 2. The molecule has 1 aliphatic heterocycles. The van der Waals surface area contributed by atoms with Crippen LogP contribution in [0.1, 0.15) is 28.8 Å². The van der Waals surface area contributed by atoms with E-state index in [-0.39, 0.29) is 17.7 Å². The normalized spacial score (nSPS) is 15.0. The van der Waals surface area contributed by atoms with Crippen LogP contribution < -0.4 is 5.32 Å². The third-order valence-corrected chi connectivity index (χ3v) is 5.48. The number of nitrogens with zero attached hydrogens (tertiary/aromatic N) is 1. The van der Waals surface area contributed by atoms with Crippen LogP contribution in [0.4, 0.5) is 5.69 Å². The third-order valence-electron chi connectivity index (χ3n) is 4.66. The number of likely N-dealkylation sites (tertiary alicyclic amines) is 1. The van der Waals surface area contributed by atoms with Crippen LogP contribution in [0.2, 0.25) is 10.0 Å². The minimum absolute atomic E-state index is 0.0155. The average molecular weight is 391 g/mol. The Morgan fingerprint density at radius 2 is 1.69 bits per heavy atom. The number of hydrogen-bond acceptors (Lipinski definition) is 2. The first kappa shape index (κ1) is 18.7. The molecule has 0 unspecified atom stereocenters. The molecule has 0 bridgehead atoms. The van der Waals surface area contributed by atoms with Gasteiger partial charge in [-0.1, -0.05) is 47.0 Å². The number of anilines is 1. The zero-order chi connectivity index (χ0) is 18.7. The zero-order valence-corrected chi connectivity index (χ0v) is 16.0. The first-order chi connectivity index (χ1) is 12.5. The molecule has 0 aliphatic carbocycles. The van der Waals surface area contributed by atoms with Crippen LogP contribution in [0, 0.1) is 12.8 Å². The Bertz CT molecular complexity index is 813. The topological polar surface area (TPSA) is 49.4 Å². The van der Waals surface area contributed by atoms with E-state index >= 15 is 0 Å². The fourth-order valence-corrected chi connectivity index (χ4v) is 3.41. The van der Waals surface area contributed by atoms with Crippen molar-refractivity contribution < 1.29 is 9.59 Å². The molecule has 0 aromatic heterocycles. The van der Waals surface area contributed by atoms with Crippen LogP contribution >= 0.6 is 23.2 Å². The second kappa shape index (κ2) is 8.11. The monoisotopic (exact) mass is 390 g/mol. The lowest BCUT2D eigenvalue weighted by molar-refractivity contribution is -0.121. The maximum absolute atomic E-state index is 12.6. The lowest BCUT2D eigenvalue weighted by Gasteiger charge is -2.31. The van der Waals surface area contributed by atoms with Crippen LogP contribution in [0.5, 0.6) is 0 Å². The van der Waals surface area contributed by atoms with Gasteiger partial charge in [0.2, 0.25) is 5.91 Å². The maximum Gasteiger partial charge on any atom is 0.253 e. The lowest BCUT2D eigenvalue weighted by atomic mass is 9.95. The summed E-state index contributed by atoms with van der Waals surface area (Å²) in [7, 11) is 0. The molecule has 0 atom stereocenters. The minimum Gasteiger partial charge on any atom is -0.339 e. The van der Waals surface area contributed by atoms with Crippen LogP contribution in [-0.4, -0.2) is 29.8 Å². The molecule has 1 aliphatic rings. The van der Waals surface area contributed by atoms with Gasteiger partial charge in [0.15, 0.2) is 0 Å². The second-order valence-corrected chi connectivity index (χ2v) is 7.31. The molecule has 2 aromatic rings. The first-order valence-corrected chi connectivity index (χ1v) is 9.32. The molecule has 1 N–H and O–H groups in total. The van der Waals surface area contributed by atoms with Crippen LogP contribution in [0.15, 0.2) is 42.5 Å². The molecule has 1 saturated heterocycles. The van der Waals surface area contributed by atoms with Crippen molar-refractivity contribution in [1.82, 2.24) is 4.90 Å². The number of nitrogens with one attached hydrogen (secondary N) is 1. The smallest absolute Gasteiger partial charge is 0.253 e. The van der Waals surface area contributed by atoms with E-state index in [4.69, 9.17) is 23.2 Å². The summed E-state index contributed by atoms with van der Waals surface area (Å²) < 4.78 is 0. The average Bonchev–Trinajstić information content (AvgIpc) is 2.65. The molecule has 0 spiro atoms. The van der Waals surface area contributed by atoms with E-state index in [1.807, 2.05) is 31.2 Å². The summed E-state index contributed by atoms with van der Waals surface area (Å²) in [4.78, 5) is 26.9. The van der Waals surface area contributed by atoms with Gasteiger partial charge in [0.1, 0.15) is 0 Å². The number of hydrogen-bond donors (Lipinski definition) is 1. The van der Waals surface area contributed by atoms with Crippen molar-refractivity contribution in [2.45, 2.75) is 19.8 Å². The maximum atomic E-state index is 12.6. The predicted molar refractivity (Wildman–Crippen MR) is 105 cm³/mol. The Hall–Kier alpha value is -2.04. The van der Waals surface area contributed by atoms with Crippen molar-refractivity contribution in [3.05, 3.63) is 63.6 Å². The van der Waals surface area contributed by atoms with E-state index < -0.39 is 0 Å². The molecular weight excluding hydrogens is 371 g/mol. The lowest BCUT2D eigenvalue weighted by Crippen LogP contribution is -2.41. The van der Waals surface area contributed by atoms with Crippen molar-refractivity contribution >= 4 is 40.7 Å². The molecule has 1 fully saturated rings. The van der Waals surface area contributed by atoms with Gasteiger partial charge in [0, 0.05) is 24.6 Å². The number of aryl methyl sites for hydroxylation is 1. The Kier molecular flexibility index (Phi) is 5.84. The predicted octanol–water partition coefficient (Wildman–Crippen LogP) is 4.79. The molecular formula is C20H20Cl2N2O2. The quantitative estimate of drug-likeness (QED) is 0.818. The molecule has 2 aromatic carbocycles. The Balaban J connectivity index is 1.57. The summed E-state index contributed by atoms with van der Waals surface area (Å²) in [6.07, 6.45) is 1.25. The van der Waals surface area contributed by atoms with E-state index in [9.17, 15) is 9.59 Å². The second-order valence-electron chi connectivity index (χ2n) is 6.52. The molecule has 136 valence electrons. The standard InChI is InChI=1S/C20H20Cl2N2O2/c1-13-5-7-15(8-6-13)20(26)24-11-9-14(10-12-24)19(25)23-17-4-2-3-16(21)18(17)22/h2-8,14H,9-12H2,1H3,(H,23,25). The summed E-state index contributed by atoms with van der Waals surface area (Å²) >= 11 is 12.1. The Morgan fingerprint density at radius 1 is 1.04 bits per heavy atom. The van der Waals surface area contributed by atoms with Gasteiger partial charge in [-0.25, -0.2) is 0 Å². The van der Waals surface area contributed by atoms with Gasteiger partial charge in [0.25, 0.3) is 5.91 Å². The van der Waals surface area contributed by atoms with Crippen LogP contribution in [0.25, 0.3) is 0 Å². The largest absolute Gasteiger partial charge is 0.339 e. The van der Waals surface area contributed by atoms with Gasteiger partial charge in [-0.2, -0.15) is 0 Å². The number of carbonyl (C=O) groups is 2. The van der Waals surface area contributed by atoms with Crippen LogP contribution in [0.3, 0.4) is 0 Å². The molecule has 0 saturated carbocycles. The summed E-state index contributed by atoms with van der Waals surface area (Å²) in [5.74, 6) is -0.217. The molecule has 6 heteroatoms. The highest BCUT2D eigenvalue weighted by atomic mass is 35.5. The van der Waals surface area contributed by atoms with Gasteiger partial charge < -0.3 is 10.2 Å². The van der Waals surface area contributed by atoms with Gasteiger partial charge in [-0.15, -0.1) is 0 Å². The van der Waals surface area contributed by atoms with Gasteiger partial charge >= 0.3 is 0 Å². The number of benzene rings is 2. The number of rotatable bonds is 3. The molecule has 26 heavy (non-hydrogen) atoms. The SMILES string of the molecule is Cc1ccc(C(=O)N2CCC(C(=O)Nc3cccc(Cl)c3Cl)CC2)cc1. The van der Waals surface area contributed by atoms with Crippen molar-refractivity contribution in [3.63, 3.8) is 0 Å². The van der Waals surface area contributed by atoms with Crippen molar-refractivity contribution in [3.8, 4) is 0 Å². The fourth-order valence-electron chi connectivity index (χ4n) is 3.06. The zero-order valence-electron chi connectivity index (χ0n) is 14.5. The number of piperidine rings is 1. The molecule has 1 heterocycles. The third kappa shape index (κ3) is 4.19. The van der Waals surface area contributed by atoms with E-state index in [1.165, 1.54) is 0 Å². The molecule has 0 radical (unpaired) electrons. The van der Waals surface area contributed by atoms with E-state index in [0.717, 1.165) is 5.56 Å². The molecule has 3 rings (SSSR count). The van der Waals surface area contributed by atoms with E-state index in [2.05, 4.69) is 5.32 Å². The summed E-state index contributed by atoms with van der Waals surface area (Å²) in [5.41, 5.74) is 2.32. The summed E-state index contributed by atoms with van der Waals surface area (Å²) in [6.45, 7) is 3.12. The first-order valence-electron chi connectivity index (χ1n) is 8.56. The van der Waals surface area contributed by atoms with Crippen LogP contribution in [-0.2, 0) is 4.79 Å². The minimum atomic E-state index is -0.146. The highest BCUT2D eigenvalue weighted by Gasteiger charge is 2.28. The van der Waals surface area contributed by atoms with Gasteiger partial charge in [0.05, 0.1) is 15.7 Å². The number of amides is 2. The summed E-state index contributed by atoms with van der Waals surface area (Å²) in [5, 5.41) is 3.59. The molecule has 4 nitrogen and oxygen atoms in total.